The smallest absolute Gasteiger partial charge is 0.124 e. The van der Waals surface area contributed by atoms with Crippen LogP contribution in [0.25, 0.3) is 92.4 Å². The van der Waals surface area contributed by atoms with Crippen LogP contribution in [-0.2, 0) is 13.0 Å². The molecule has 0 saturated heterocycles. The summed E-state index contributed by atoms with van der Waals surface area (Å²) in [5, 5.41) is 8.73. The zero-order valence-corrected chi connectivity index (χ0v) is 41.3. The third-order valence-corrected chi connectivity index (χ3v) is 15.2. The summed E-state index contributed by atoms with van der Waals surface area (Å²) in [7, 11) is 0. The molecule has 4 heterocycles. The van der Waals surface area contributed by atoms with Gasteiger partial charge < -0.3 is 10.3 Å². The summed E-state index contributed by atoms with van der Waals surface area (Å²) in [6, 6.07) is 61.7. The van der Waals surface area contributed by atoms with Crippen LogP contribution >= 0.6 is 23.1 Å². The van der Waals surface area contributed by atoms with Crippen LogP contribution in [0.15, 0.2) is 191 Å². The van der Waals surface area contributed by atoms with E-state index in [1.807, 2.05) is 52.9 Å². The molecule has 13 rings (SSSR count). The Hall–Kier alpha value is -7.12. The van der Waals surface area contributed by atoms with E-state index in [0.717, 1.165) is 40.1 Å². The van der Waals surface area contributed by atoms with E-state index in [1.165, 1.54) is 91.2 Å². The standard InChI is InChI=1S/C56H38N4S2.3C2H6/c57-56(55-52(42-23-11-14-26-49(42)62-55)58-33-34-15-3-1-4-16-34)60-47-30-28-36(35-27-29-46-43(31-35)38-19-9-12-24-45(38)59(46)37-17-5-2-6-18-37)32-44(47)50-39-20-7-8-21-40(39)51-41-22-10-13-25-48(41)61-54(51)53(50)60;3*1-2/h1-11,13-23,25-32H,12,24,33,57H2;3*1-2H3/b56-55-,58-52?;;;. The second-order valence-corrected chi connectivity index (χ2v) is 18.4. The minimum atomic E-state index is 0.571. The highest BCUT2D eigenvalue weighted by atomic mass is 32.2. The third-order valence-electron chi connectivity index (χ3n) is 12.8. The number of aliphatic imine (C=N–C) groups is 1. The molecule has 1 aliphatic carbocycles. The van der Waals surface area contributed by atoms with Crippen LogP contribution in [0.2, 0.25) is 0 Å². The van der Waals surface area contributed by atoms with Gasteiger partial charge in [-0.25, -0.2) is 0 Å². The maximum atomic E-state index is 7.71. The van der Waals surface area contributed by atoms with E-state index in [9.17, 15) is 0 Å². The fourth-order valence-corrected chi connectivity index (χ4v) is 12.5. The molecule has 0 fully saturated rings. The van der Waals surface area contributed by atoms with E-state index in [2.05, 4.69) is 191 Å². The number of nitrogens with two attached hydrogens (primary N) is 1. The van der Waals surface area contributed by atoms with Gasteiger partial charge in [0.25, 0.3) is 0 Å². The quantitative estimate of drug-likeness (QED) is 0.187. The van der Waals surface area contributed by atoms with Crippen LogP contribution in [0.3, 0.4) is 0 Å². The molecular formula is C62H56N4S2. The van der Waals surface area contributed by atoms with Gasteiger partial charge >= 0.3 is 0 Å². The molecule has 4 nitrogen and oxygen atoms in total. The summed E-state index contributed by atoms with van der Waals surface area (Å²) < 4.78 is 7.33. The lowest BCUT2D eigenvalue weighted by Gasteiger charge is -2.13. The van der Waals surface area contributed by atoms with Crippen LogP contribution < -0.4 is 5.73 Å². The molecule has 0 amide bonds. The molecule has 0 radical (unpaired) electrons. The van der Waals surface area contributed by atoms with Crippen molar-refractivity contribution in [2.24, 2.45) is 10.7 Å². The first-order chi connectivity index (χ1) is 33.7. The predicted octanol–water partition coefficient (Wildman–Crippen LogP) is 17.8. The summed E-state index contributed by atoms with van der Waals surface area (Å²) in [6.07, 6.45) is 6.72. The van der Waals surface area contributed by atoms with Crippen molar-refractivity contribution < 1.29 is 0 Å². The Balaban J connectivity index is 0.000000867. The van der Waals surface area contributed by atoms with Crippen molar-refractivity contribution in [3.05, 3.63) is 203 Å². The zero-order chi connectivity index (χ0) is 46.9. The Morgan fingerprint density at radius 2 is 1.22 bits per heavy atom. The van der Waals surface area contributed by atoms with Gasteiger partial charge in [-0.3, -0.25) is 9.56 Å². The van der Waals surface area contributed by atoms with Crippen molar-refractivity contribution in [1.29, 1.82) is 0 Å². The van der Waals surface area contributed by atoms with Crippen molar-refractivity contribution in [1.82, 2.24) is 9.13 Å². The Bertz CT molecular complexity index is 3750. The van der Waals surface area contributed by atoms with Crippen molar-refractivity contribution in [3.63, 3.8) is 0 Å². The number of allylic oxidation sites excluding steroid dienone is 2. The molecule has 0 spiro atoms. The molecule has 11 aromatic rings. The highest BCUT2D eigenvalue weighted by Gasteiger charge is 2.30. The molecule has 2 aliphatic rings. The van der Waals surface area contributed by atoms with Crippen LogP contribution in [-0.4, -0.2) is 14.8 Å². The molecule has 68 heavy (non-hydrogen) atoms. The molecule has 2 N–H and O–H groups in total. The van der Waals surface area contributed by atoms with Crippen molar-refractivity contribution in [2.45, 2.75) is 65.8 Å². The Morgan fingerprint density at radius 3 is 1.97 bits per heavy atom. The average Bonchev–Trinajstić information content (AvgIpc) is 4.18. The van der Waals surface area contributed by atoms with Crippen molar-refractivity contribution in [3.8, 4) is 16.8 Å². The summed E-state index contributed by atoms with van der Waals surface area (Å²) in [6.45, 7) is 12.6. The van der Waals surface area contributed by atoms with Gasteiger partial charge in [-0.15, -0.1) is 11.3 Å². The number of hydrogen-bond acceptors (Lipinski definition) is 4. The number of thiophene rings is 1. The first-order valence-corrected chi connectivity index (χ1v) is 25.9. The van der Waals surface area contributed by atoms with Gasteiger partial charge in [-0.05, 0) is 88.8 Å². The molecule has 6 heteroatoms. The first-order valence-electron chi connectivity index (χ1n) is 24.3. The summed E-state index contributed by atoms with van der Waals surface area (Å²) in [4.78, 5) is 7.48. The number of nitrogens with zero attached hydrogens (tertiary/aromatic N) is 3. The topological polar surface area (TPSA) is 48.2 Å². The average molecular weight is 921 g/mol. The summed E-state index contributed by atoms with van der Waals surface area (Å²) in [5.41, 5.74) is 20.7. The van der Waals surface area contributed by atoms with Gasteiger partial charge in [0, 0.05) is 59.0 Å². The highest BCUT2D eigenvalue weighted by Crippen LogP contribution is 2.50. The van der Waals surface area contributed by atoms with Gasteiger partial charge in [0.1, 0.15) is 5.82 Å². The molecule has 0 atom stereocenters. The van der Waals surface area contributed by atoms with E-state index in [-0.39, 0.29) is 0 Å². The Labute approximate surface area is 407 Å². The van der Waals surface area contributed by atoms with Gasteiger partial charge in [-0.2, -0.15) is 0 Å². The number of thioether (sulfide) groups is 1. The van der Waals surface area contributed by atoms with Gasteiger partial charge in [0.05, 0.1) is 38.4 Å². The number of aromatic nitrogens is 2. The molecule has 3 aromatic heterocycles. The number of benzene rings is 8. The fraction of sp³-hybridized carbons (Fsp3) is 0.145. The minimum Gasteiger partial charge on any atom is -0.384 e. The Morgan fingerprint density at radius 1 is 0.603 bits per heavy atom. The van der Waals surface area contributed by atoms with E-state index in [0.29, 0.717) is 12.4 Å². The monoisotopic (exact) mass is 920 g/mol. The highest BCUT2D eigenvalue weighted by molar-refractivity contribution is 8.05. The lowest BCUT2D eigenvalue weighted by molar-refractivity contribution is 0.888. The van der Waals surface area contributed by atoms with Crippen LogP contribution in [0.4, 0.5) is 0 Å². The summed E-state index contributed by atoms with van der Waals surface area (Å²) >= 11 is 3.59. The second-order valence-electron chi connectivity index (χ2n) is 16.3. The molecule has 0 saturated carbocycles. The lowest BCUT2D eigenvalue weighted by atomic mass is 9.96. The normalized spacial score (nSPS) is 14.1. The van der Waals surface area contributed by atoms with Crippen LogP contribution in [0.1, 0.15) is 70.3 Å². The molecule has 0 bridgehead atoms. The molecular weight excluding hydrogens is 865 g/mol. The lowest BCUT2D eigenvalue weighted by Crippen LogP contribution is -2.12. The van der Waals surface area contributed by atoms with E-state index in [4.69, 9.17) is 10.7 Å². The maximum absolute atomic E-state index is 7.71. The molecule has 0 unspecified atom stereocenters. The van der Waals surface area contributed by atoms with Crippen molar-refractivity contribution >= 4 is 104 Å². The zero-order valence-electron chi connectivity index (χ0n) is 39.7. The SMILES string of the molecule is CC.CC.CC.N/C(=C1/Sc2ccccc2C1=NCc1ccccc1)n1c2ccc(-c3ccc4c(c3)c3c(n4-c4ccccc4)CCC=C3)cc2c2c3ccccc3c3c4ccccc4sc3c21. The van der Waals surface area contributed by atoms with Crippen LogP contribution in [0, 0.1) is 0 Å². The number of fused-ring (bicyclic) bond motifs is 14. The predicted molar refractivity (Wildman–Crippen MR) is 300 cm³/mol. The van der Waals surface area contributed by atoms with Gasteiger partial charge in [-0.1, -0.05) is 187 Å². The van der Waals surface area contributed by atoms with E-state index in [1.54, 1.807) is 11.8 Å². The molecule has 8 aromatic carbocycles. The summed E-state index contributed by atoms with van der Waals surface area (Å²) in [5.74, 6) is 0.696. The van der Waals surface area contributed by atoms with E-state index < -0.39 is 0 Å². The number of hydrogen-bond donors (Lipinski definition) is 1. The van der Waals surface area contributed by atoms with E-state index >= 15 is 0 Å². The van der Waals surface area contributed by atoms with Crippen LogP contribution in [0.5, 0.6) is 0 Å². The number of para-hydroxylation sites is 1. The van der Waals surface area contributed by atoms with Gasteiger partial charge in [0.2, 0.25) is 0 Å². The third kappa shape index (κ3) is 7.34. The molecule has 1 aliphatic heterocycles. The fourth-order valence-electron chi connectivity index (χ4n) is 10.1. The minimum absolute atomic E-state index is 0.571. The van der Waals surface area contributed by atoms with Gasteiger partial charge in [0.15, 0.2) is 0 Å². The van der Waals surface area contributed by atoms with Crippen molar-refractivity contribution in [2.75, 3.05) is 0 Å². The largest absolute Gasteiger partial charge is 0.384 e. The first kappa shape index (κ1) is 44.7. The number of rotatable bonds is 5. The maximum Gasteiger partial charge on any atom is 0.124 e. The Kier molecular flexibility index (Phi) is 12.6. The molecule has 336 valence electrons. The second kappa shape index (κ2) is 19.2.